The number of carbonyl (C=O) groups excluding carboxylic acids is 1. The number of nitrogens with one attached hydrogen (secondary N) is 2. The summed E-state index contributed by atoms with van der Waals surface area (Å²) in [6.07, 6.45) is 1.48. The van der Waals surface area contributed by atoms with Crippen LogP contribution in [0.5, 0.6) is 0 Å². The van der Waals surface area contributed by atoms with Crippen molar-refractivity contribution in [3.63, 3.8) is 0 Å². The highest BCUT2D eigenvalue weighted by Gasteiger charge is 2.05. The summed E-state index contributed by atoms with van der Waals surface area (Å²) in [5, 5.41) is 5.33. The largest absolute Gasteiger partial charge is 0.346 e. The average molecular weight is 124 g/mol. The standard InChI is InChI=1S/C6H8N2O/c1-4-3-6(9)8-5(2)7-4/h3,7H,2H2,1H3,(H,8,9). The summed E-state index contributed by atoms with van der Waals surface area (Å²) in [6, 6.07) is 0. The molecule has 0 fully saturated rings. The third kappa shape index (κ3) is 1.32. The van der Waals surface area contributed by atoms with E-state index in [1.165, 1.54) is 6.08 Å². The third-order valence-electron chi connectivity index (χ3n) is 0.970. The van der Waals surface area contributed by atoms with Crippen molar-refractivity contribution in [2.75, 3.05) is 0 Å². The van der Waals surface area contributed by atoms with Gasteiger partial charge in [0.2, 0.25) is 0 Å². The van der Waals surface area contributed by atoms with E-state index in [4.69, 9.17) is 0 Å². The lowest BCUT2D eigenvalue weighted by molar-refractivity contribution is -0.116. The van der Waals surface area contributed by atoms with Crippen LogP contribution in [0.3, 0.4) is 0 Å². The minimum Gasteiger partial charge on any atom is -0.346 e. The fourth-order valence-electron chi connectivity index (χ4n) is 0.687. The molecule has 48 valence electrons. The Morgan fingerprint density at radius 3 is 2.67 bits per heavy atom. The van der Waals surface area contributed by atoms with E-state index in [2.05, 4.69) is 17.2 Å². The van der Waals surface area contributed by atoms with Crippen LogP contribution >= 0.6 is 0 Å². The summed E-state index contributed by atoms with van der Waals surface area (Å²) in [4.78, 5) is 10.6. The molecule has 0 bridgehead atoms. The Kier molecular flexibility index (Phi) is 1.26. The van der Waals surface area contributed by atoms with Crippen LogP contribution in [-0.2, 0) is 4.79 Å². The van der Waals surface area contributed by atoms with Gasteiger partial charge >= 0.3 is 0 Å². The summed E-state index contributed by atoms with van der Waals surface area (Å²) in [6.45, 7) is 5.34. The lowest BCUT2D eigenvalue weighted by Crippen LogP contribution is -2.33. The molecule has 1 heterocycles. The van der Waals surface area contributed by atoms with Gasteiger partial charge in [-0.25, -0.2) is 0 Å². The first kappa shape index (κ1) is 5.88. The van der Waals surface area contributed by atoms with E-state index in [9.17, 15) is 4.79 Å². The van der Waals surface area contributed by atoms with Crippen LogP contribution in [0, 0.1) is 0 Å². The second-order valence-corrected chi connectivity index (χ2v) is 1.92. The molecule has 0 aromatic carbocycles. The number of allylic oxidation sites excluding steroid dienone is 1. The van der Waals surface area contributed by atoms with Crippen molar-refractivity contribution >= 4 is 5.91 Å². The summed E-state index contributed by atoms with van der Waals surface area (Å²) in [7, 11) is 0. The fourth-order valence-corrected chi connectivity index (χ4v) is 0.687. The molecule has 0 unspecified atom stereocenters. The predicted molar refractivity (Wildman–Crippen MR) is 34.2 cm³/mol. The van der Waals surface area contributed by atoms with Crippen molar-refractivity contribution in [1.29, 1.82) is 0 Å². The average Bonchev–Trinajstić information content (AvgIpc) is 1.59. The molecule has 9 heavy (non-hydrogen) atoms. The lowest BCUT2D eigenvalue weighted by Gasteiger charge is -2.14. The van der Waals surface area contributed by atoms with Gasteiger partial charge in [0.05, 0.1) is 0 Å². The van der Waals surface area contributed by atoms with Crippen molar-refractivity contribution in [3.8, 4) is 0 Å². The molecule has 1 rings (SSSR count). The first-order valence-electron chi connectivity index (χ1n) is 2.64. The molecule has 3 nitrogen and oxygen atoms in total. The van der Waals surface area contributed by atoms with E-state index < -0.39 is 0 Å². The maximum Gasteiger partial charge on any atom is 0.251 e. The molecule has 1 amide bonds. The topological polar surface area (TPSA) is 41.1 Å². The van der Waals surface area contributed by atoms with Crippen molar-refractivity contribution in [3.05, 3.63) is 24.2 Å². The Morgan fingerprint density at radius 1 is 1.56 bits per heavy atom. The quantitative estimate of drug-likeness (QED) is 0.480. The van der Waals surface area contributed by atoms with Gasteiger partial charge in [0.15, 0.2) is 0 Å². The molecule has 2 N–H and O–H groups in total. The zero-order chi connectivity index (χ0) is 6.85. The number of rotatable bonds is 0. The predicted octanol–water partition coefficient (Wildman–Crippen LogP) is 0.0808. The van der Waals surface area contributed by atoms with Crippen molar-refractivity contribution < 1.29 is 4.79 Å². The number of hydrogen-bond acceptors (Lipinski definition) is 2. The summed E-state index contributed by atoms with van der Waals surface area (Å²) >= 11 is 0. The van der Waals surface area contributed by atoms with E-state index in [0.29, 0.717) is 5.82 Å². The van der Waals surface area contributed by atoms with Gasteiger partial charge in [-0.15, -0.1) is 0 Å². The minimum absolute atomic E-state index is 0.115. The molecule has 1 aliphatic heterocycles. The first-order chi connectivity index (χ1) is 4.18. The van der Waals surface area contributed by atoms with Crippen molar-refractivity contribution in [2.24, 2.45) is 0 Å². The molecule has 0 saturated heterocycles. The zero-order valence-corrected chi connectivity index (χ0v) is 5.19. The third-order valence-corrected chi connectivity index (χ3v) is 0.970. The summed E-state index contributed by atoms with van der Waals surface area (Å²) in [5.74, 6) is 0.427. The highest BCUT2D eigenvalue weighted by atomic mass is 16.1. The molecule has 1 aliphatic rings. The highest BCUT2D eigenvalue weighted by molar-refractivity contribution is 5.90. The molecular formula is C6H8N2O. The number of carbonyl (C=O) groups is 1. The molecular weight excluding hydrogens is 116 g/mol. The van der Waals surface area contributed by atoms with Crippen molar-refractivity contribution in [1.82, 2.24) is 10.6 Å². The maximum absolute atomic E-state index is 10.6. The Bertz CT molecular complexity index is 193. The van der Waals surface area contributed by atoms with Crippen LogP contribution in [0.1, 0.15) is 6.92 Å². The van der Waals surface area contributed by atoms with Gasteiger partial charge in [0.25, 0.3) is 5.91 Å². The first-order valence-corrected chi connectivity index (χ1v) is 2.64. The second kappa shape index (κ2) is 1.93. The van der Waals surface area contributed by atoms with Gasteiger partial charge in [-0.2, -0.15) is 0 Å². The van der Waals surface area contributed by atoms with Gasteiger partial charge < -0.3 is 10.6 Å². The van der Waals surface area contributed by atoms with Crippen LogP contribution in [0.15, 0.2) is 24.2 Å². The molecule has 0 atom stereocenters. The van der Waals surface area contributed by atoms with E-state index in [0.717, 1.165) is 5.70 Å². The zero-order valence-electron chi connectivity index (χ0n) is 5.19. The highest BCUT2D eigenvalue weighted by Crippen LogP contribution is 1.95. The fraction of sp³-hybridized carbons (Fsp3) is 0.167. The Hall–Kier alpha value is -1.25. The van der Waals surface area contributed by atoms with Crippen LogP contribution < -0.4 is 10.6 Å². The number of amides is 1. The summed E-state index contributed by atoms with van der Waals surface area (Å²) in [5.41, 5.74) is 0.823. The van der Waals surface area contributed by atoms with E-state index in [1.54, 1.807) is 0 Å². The summed E-state index contributed by atoms with van der Waals surface area (Å²) < 4.78 is 0. The van der Waals surface area contributed by atoms with E-state index in [-0.39, 0.29) is 5.91 Å². The van der Waals surface area contributed by atoms with Crippen molar-refractivity contribution in [2.45, 2.75) is 6.92 Å². The van der Waals surface area contributed by atoms with Crippen LogP contribution in [0.4, 0.5) is 0 Å². The molecule has 0 radical (unpaired) electrons. The molecule has 3 heteroatoms. The Labute approximate surface area is 53.4 Å². The molecule has 0 spiro atoms. The van der Waals surface area contributed by atoms with Crippen LogP contribution in [-0.4, -0.2) is 5.91 Å². The van der Waals surface area contributed by atoms with E-state index >= 15 is 0 Å². The monoisotopic (exact) mass is 124 g/mol. The SMILES string of the molecule is C=C1NC(=O)C=C(C)N1. The molecule has 0 aromatic rings. The van der Waals surface area contributed by atoms with Crippen LogP contribution in [0.2, 0.25) is 0 Å². The molecule has 0 aromatic heterocycles. The van der Waals surface area contributed by atoms with Gasteiger partial charge in [0, 0.05) is 11.8 Å². The van der Waals surface area contributed by atoms with Gasteiger partial charge in [0.1, 0.15) is 5.82 Å². The lowest BCUT2D eigenvalue weighted by atomic mass is 10.3. The molecule has 0 saturated carbocycles. The molecule has 0 aliphatic carbocycles. The van der Waals surface area contributed by atoms with Crippen LogP contribution in [0.25, 0.3) is 0 Å². The van der Waals surface area contributed by atoms with Gasteiger partial charge in [-0.1, -0.05) is 6.58 Å². The maximum atomic E-state index is 10.6. The number of hydrogen-bond donors (Lipinski definition) is 2. The van der Waals surface area contributed by atoms with Gasteiger partial charge in [-0.3, -0.25) is 4.79 Å². The Morgan fingerprint density at radius 2 is 2.22 bits per heavy atom. The van der Waals surface area contributed by atoms with E-state index in [1.807, 2.05) is 6.92 Å². The normalized spacial score (nSPS) is 18.1. The van der Waals surface area contributed by atoms with Gasteiger partial charge in [-0.05, 0) is 6.92 Å². The minimum atomic E-state index is -0.115. The second-order valence-electron chi connectivity index (χ2n) is 1.92. The smallest absolute Gasteiger partial charge is 0.251 e. The Balaban J connectivity index is 2.79.